The average molecular weight is 325 g/mol. The van der Waals surface area contributed by atoms with Gasteiger partial charge < -0.3 is 4.52 Å². The van der Waals surface area contributed by atoms with Gasteiger partial charge >= 0.3 is 0 Å². The molecule has 0 spiro atoms. The summed E-state index contributed by atoms with van der Waals surface area (Å²) < 4.78 is 4.68. The highest BCUT2D eigenvalue weighted by molar-refractivity contribution is 9.25. The Kier molecular flexibility index (Phi) is 3.53. The Morgan fingerprint density at radius 1 is 1.50 bits per heavy atom. The number of carbonyl (C=O) groups is 1. The van der Waals surface area contributed by atoms with E-state index in [2.05, 4.69) is 37.0 Å². The Morgan fingerprint density at radius 2 is 2.07 bits per heavy atom. The maximum absolute atomic E-state index is 11.5. The van der Waals surface area contributed by atoms with Crippen LogP contribution in [0.15, 0.2) is 10.6 Å². The topological polar surface area (TPSA) is 43.1 Å². The van der Waals surface area contributed by atoms with Gasteiger partial charge in [0.25, 0.3) is 0 Å². The number of hydrogen-bond donors (Lipinski definition) is 0. The van der Waals surface area contributed by atoms with Crippen molar-refractivity contribution < 1.29 is 9.32 Å². The fraction of sp³-hybridized carbons (Fsp3) is 0.556. The quantitative estimate of drug-likeness (QED) is 0.619. The number of nitrogens with zero attached hydrogens (tertiary/aromatic N) is 1. The molecule has 0 aliphatic carbocycles. The standard InChI is InChI=1S/C9H11Br2NO2/c1-9(2,3)6-4-5(12-14-6)7(13)8(10)11/h4,8H,1-3H3. The molecule has 5 heteroatoms. The highest BCUT2D eigenvalue weighted by Crippen LogP contribution is 2.24. The first-order valence-corrected chi connectivity index (χ1v) is 5.95. The van der Waals surface area contributed by atoms with Crippen molar-refractivity contribution in [2.45, 2.75) is 29.9 Å². The zero-order chi connectivity index (χ0) is 10.9. The zero-order valence-electron chi connectivity index (χ0n) is 8.17. The van der Waals surface area contributed by atoms with Crippen LogP contribution < -0.4 is 0 Å². The van der Waals surface area contributed by atoms with Gasteiger partial charge in [0.05, 0.1) is 0 Å². The van der Waals surface area contributed by atoms with E-state index in [-0.39, 0.29) is 11.2 Å². The van der Waals surface area contributed by atoms with Crippen LogP contribution in [0.25, 0.3) is 0 Å². The van der Waals surface area contributed by atoms with Crippen LogP contribution in [-0.4, -0.2) is 14.7 Å². The zero-order valence-corrected chi connectivity index (χ0v) is 11.3. The lowest BCUT2D eigenvalue weighted by Crippen LogP contribution is -2.10. The fourth-order valence-corrected chi connectivity index (χ4v) is 1.33. The van der Waals surface area contributed by atoms with E-state index in [9.17, 15) is 4.79 Å². The third kappa shape index (κ3) is 2.67. The van der Waals surface area contributed by atoms with E-state index in [1.807, 2.05) is 20.8 Å². The minimum atomic E-state index is -0.409. The molecule has 0 radical (unpaired) electrons. The van der Waals surface area contributed by atoms with Crippen LogP contribution in [0.3, 0.4) is 0 Å². The molecule has 1 heterocycles. The first-order valence-electron chi connectivity index (χ1n) is 4.12. The van der Waals surface area contributed by atoms with Gasteiger partial charge in [0.2, 0.25) is 5.78 Å². The Labute approximate surface area is 99.5 Å². The number of hydrogen-bond acceptors (Lipinski definition) is 3. The molecule has 3 nitrogen and oxygen atoms in total. The molecule has 78 valence electrons. The number of carbonyl (C=O) groups excluding carboxylic acids is 1. The lowest BCUT2D eigenvalue weighted by atomic mass is 9.93. The van der Waals surface area contributed by atoms with Gasteiger partial charge in [-0.1, -0.05) is 57.8 Å². The van der Waals surface area contributed by atoms with Crippen LogP contribution in [0.4, 0.5) is 0 Å². The van der Waals surface area contributed by atoms with Crippen molar-refractivity contribution in [3.63, 3.8) is 0 Å². The fourth-order valence-electron chi connectivity index (χ4n) is 0.857. The summed E-state index contributed by atoms with van der Waals surface area (Å²) >= 11 is 6.24. The van der Waals surface area contributed by atoms with E-state index in [1.54, 1.807) is 6.07 Å². The second-order valence-corrected chi connectivity index (χ2v) is 7.05. The molecule has 0 bridgehead atoms. The van der Waals surface area contributed by atoms with Gasteiger partial charge in [0, 0.05) is 11.5 Å². The van der Waals surface area contributed by atoms with E-state index < -0.39 is 3.74 Å². The number of halogens is 2. The van der Waals surface area contributed by atoms with E-state index in [0.29, 0.717) is 11.5 Å². The SMILES string of the molecule is CC(C)(C)c1cc(C(=O)C(Br)Br)no1. The largest absolute Gasteiger partial charge is 0.360 e. The maximum atomic E-state index is 11.5. The number of aromatic nitrogens is 1. The molecule has 0 N–H and O–H groups in total. The summed E-state index contributed by atoms with van der Waals surface area (Å²) in [6.07, 6.45) is 0. The second-order valence-electron chi connectivity index (χ2n) is 3.99. The molecular weight excluding hydrogens is 314 g/mol. The molecule has 0 aliphatic rings. The number of Topliss-reactive ketones (excluding diaryl/α,β-unsaturated/α-hetero) is 1. The van der Waals surface area contributed by atoms with Gasteiger partial charge in [-0.2, -0.15) is 0 Å². The summed E-state index contributed by atoms with van der Waals surface area (Å²) in [6.45, 7) is 6.00. The van der Waals surface area contributed by atoms with Crippen molar-refractivity contribution in [3.8, 4) is 0 Å². The van der Waals surface area contributed by atoms with Crippen molar-refractivity contribution >= 4 is 37.6 Å². The van der Waals surface area contributed by atoms with Crippen molar-refractivity contribution in [2.75, 3.05) is 0 Å². The Morgan fingerprint density at radius 3 is 2.43 bits per heavy atom. The van der Waals surface area contributed by atoms with Crippen LogP contribution in [0, 0.1) is 0 Å². The van der Waals surface area contributed by atoms with Crippen LogP contribution in [-0.2, 0) is 5.41 Å². The monoisotopic (exact) mass is 323 g/mol. The Balaban J connectivity index is 2.95. The van der Waals surface area contributed by atoms with Gasteiger partial charge in [-0.05, 0) is 0 Å². The van der Waals surface area contributed by atoms with Gasteiger partial charge in [-0.25, -0.2) is 0 Å². The number of alkyl halides is 2. The Hall–Kier alpha value is -0.160. The Bertz CT molecular complexity index is 339. The lowest BCUT2D eigenvalue weighted by Gasteiger charge is -2.12. The lowest BCUT2D eigenvalue weighted by molar-refractivity contribution is 0.100. The molecule has 0 fully saturated rings. The van der Waals surface area contributed by atoms with Crippen molar-refractivity contribution in [2.24, 2.45) is 0 Å². The van der Waals surface area contributed by atoms with E-state index >= 15 is 0 Å². The summed E-state index contributed by atoms with van der Waals surface area (Å²) in [5.74, 6) is 0.575. The van der Waals surface area contributed by atoms with Crippen LogP contribution in [0.2, 0.25) is 0 Å². The molecule has 14 heavy (non-hydrogen) atoms. The summed E-state index contributed by atoms with van der Waals surface area (Å²) in [7, 11) is 0. The molecule has 0 saturated heterocycles. The van der Waals surface area contributed by atoms with Gasteiger partial charge in [0.15, 0.2) is 5.69 Å². The summed E-state index contributed by atoms with van der Waals surface area (Å²) in [6, 6.07) is 1.68. The molecule has 0 saturated carbocycles. The highest BCUT2D eigenvalue weighted by Gasteiger charge is 2.23. The molecule has 0 aliphatic heterocycles. The molecule has 1 aromatic heterocycles. The van der Waals surface area contributed by atoms with Crippen LogP contribution in [0.5, 0.6) is 0 Å². The normalized spacial score (nSPS) is 12.1. The van der Waals surface area contributed by atoms with Crippen molar-refractivity contribution in [3.05, 3.63) is 17.5 Å². The van der Waals surface area contributed by atoms with Gasteiger partial charge in [-0.15, -0.1) is 0 Å². The molecule has 0 aromatic carbocycles. The molecule has 1 rings (SSSR count). The van der Waals surface area contributed by atoms with E-state index in [1.165, 1.54) is 0 Å². The minimum Gasteiger partial charge on any atom is -0.360 e. The molecule has 0 amide bonds. The second kappa shape index (κ2) is 4.14. The smallest absolute Gasteiger partial charge is 0.208 e. The first-order chi connectivity index (χ1) is 6.32. The maximum Gasteiger partial charge on any atom is 0.208 e. The molecule has 1 aromatic rings. The predicted molar refractivity (Wildman–Crippen MR) is 61.2 cm³/mol. The van der Waals surface area contributed by atoms with Gasteiger partial charge in [0.1, 0.15) is 9.50 Å². The summed E-state index contributed by atoms with van der Waals surface area (Å²) in [5, 5.41) is 3.72. The number of rotatable bonds is 2. The van der Waals surface area contributed by atoms with E-state index in [4.69, 9.17) is 4.52 Å². The molecule has 0 unspecified atom stereocenters. The van der Waals surface area contributed by atoms with Crippen molar-refractivity contribution in [1.82, 2.24) is 5.16 Å². The minimum absolute atomic E-state index is 0.125. The highest BCUT2D eigenvalue weighted by atomic mass is 79.9. The van der Waals surface area contributed by atoms with Crippen molar-refractivity contribution in [1.29, 1.82) is 0 Å². The summed E-state index contributed by atoms with van der Waals surface area (Å²) in [5.41, 5.74) is 0.216. The predicted octanol–water partition coefficient (Wildman–Crippen LogP) is 3.27. The van der Waals surface area contributed by atoms with Gasteiger partial charge in [-0.3, -0.25) is 4.79 Å². The third-order valence-electron chi connectivity index (χ3n) is 1.70. The summed E-state index contributed by atoms with van der Waals surface area (Å²) in [4.78, 5) is 11.5. The first kappa shape index (κ1) is 11.9. The van der Waals surface area contributed by atoms with Crippen LogP contribution >= 0.6 is 31.9 Å². The third-order valence-corrected chi connectivity index (χ3v) is 2.53. The van der Waals surface area contributed by atoms with Crippen LogP contribution in [0.1, 0.15) is 37.0 Å². The average Bonchev–Trinajstić information content (AvgIpc) is 2.49. The van der Waals surface area contributed by atoms with E-state index in [0.717, 1.165) is 0 Å². The molecule has 0 atom stereocenters. The molecular formula is C9H11Br2NO2. The number of ketones is 1.